The largest absolute Gasteiger partial charge is 0.317 e. The van der Waals surface area contributed by atoms with E-state index < -0.39 is 0 Å². The standard InChI is InChI=1S/C13H23N3/c1-4-13(3)7-5-6-11(2)9-16-10-14-15-12(16)8-13/h10-11H,4-9H2,1-3H3. The van der Waals surface area contributed by atoms with E-state index in [0.29, 0.717) is 5.41 Å². The van der Waals surface area contributed by atoms with Crippen molar-refractivity contribution in [3.63, 3.8) is 0 Å². The quantitative estimate of drug-likeness (QED) is 0.729. The first kappa shape index (κ1) is 11.6. The van der Waals surface area contributed by atoms with Gasteiger partial charge in [-0.2, -0.15) is 0 Å². The lowest BCUT2D eigenvalue weighted by atomic mass is 9.79. The predicted octanol–water partition coefficient (Wildman–Crippen LogP) is 3.06. The number of nitrogens with zero attached hydrogens (tertiary/aromatic N) is 3. The van der Waals surface area contributed by atoms with Gasteiger partial charge in [0.1, 0.15) is 12.2 Å². The predicted molar refractivity (Wildman–Crippen MR) is 65.1 cm³/mol. The van der Waals surface area contributed by atoms with Crippen LogP contribution >= 0.6 is 0 Å². The molecule has 0 saturated heterocycles. The van der Waals surface area contributed by atoms with E-state index in [1.165, 1.54) is 31.5 Å². The van der Waals surface area contributed by atoms with E-state index in [2.05, 4.69) is 35.5 Å². The van der Waals surface area contributed by atoms with Gasteiger partial charge in [-0.1, -0.05) is 33.6 Å². The molecule has 2 atom stereocenters. The van der Waals surface area contributed by atoms with Gasteiger partial charge in [-0.05, 0) is 24.2 Å². The molecule has 1 aromatic rings. The van der Waals surface area contributed by atoms with Crippen LogP contribution in [0.3, 0.4) is 0 Å². The van der Waals surface area contributed by atoms with Gasteiger partial charge in [0.05, 0.1) is 0 Å². The van der Waals surface area contributed by atoms with E-state index in [-0.39, 0.29) is 0 Å². The minimum atomic E-state index is 0.412. The molecule has 0 amide bonds. The van der Waals surface area contributed by atoms with Gasteiger partial charge in [-0.25, -0.2) is 0 Å². The first-order valence-corrected chi connectivity index (χ1v) is 6.50. The fraction of sp³-hybridized carbons (Fsp3) is 0.846. The maximum atomic E-state index is 4.29. The molecule has 0 radical (unpaired) electrons. The van der Waals surface area contributed by atoms with Crippen LogP contribution in [-0.4, -0.2) is 14.8 Å². The fourth-order valence-electron chi connectivity index (χ4n) is 2.64. The third-order valence-electron chi connectivity index (χ3n) is 4.12. The molecule has 2 unspecified atom stereocenters. The minimum Gasteiger partial charge on any atom is -0.317 e. The fourth-order valence-corrected chi connectivity index (χ4v) is 2.64. The monoisotopic (exact) mass is 221 g/mol. The highest BCUT2D eigenvalue weighted by Gasteiger charge is 2.26. The van der Waals surface area contributed by atoms with E-state index in [4.69, 9.17) is 0 Å². The summed E-state index contributed by atoms with van der Waals surface area (Å²) in [6.45, 7) is 8.10. The lowest BCUT2D eigenvalue weighted by Gasteiger charge is -2.27. The summed E-state index contributed by atoms with van der Waals surface area (Å²) in [4.78, 5) is 0. The summed E-state index contributed by atoms with van der Waals surface area (Å²) in [6.07, 6.45) is 8.20. The highest BCUT2D eigenvalue weighted by Crippen LogP contribution is 2.33. The summed E-state index contributed by atoms with van der Waals surface area (Å²) < 4.78 is 2.25. The highest BCUT2D eigenvalue weighted by atomic mass is 15.3. The van der Waals surface area contributed by atoms with Gasteiger partial charge in [0.25, 0.3) is 0 Å². The van der Waals surface area contributed by atoms with Crippen LogP contribution in [0.1, 0.15) is 52.3 Å². The van der Waals surface area contributed by atoms with Gasteiger partial charge in [0, 0.05) is 13.0 Å². The Hall–Kier alpha value is -0.860. The molecule has 0 N–H and O–H groups in total. The maximum absolute atomic E-state index is 4.29. The number of hydrogen-bond acceptors (Lipinski definition) is 2. The molecule has 0 saturated carbocycles. The molecule has 16 heavy (non-hydrogen) atoms. The second kappa shape index (κ2) is 4.56. The van der Waals surface area contributed by atoms with Crippen molar-refractivity contribution in [2.75, 3.05) is 0 Å². The van der Waals surface area contributed by atoms with Crippen molar-refractivity contribution in [3.8, 4) is 0 Å². The molecule has 2 heterocycles. The Kier molecular flexibility index (Phi) is 3.31. The van der Waals surface area contributed by atoms with Crippen LogP contribution in [0.2, 0.25) is 0 Å². The Balaban J connectivity index is 2.25. The van der Waals surface area contributed by atoms with E-state index >= 15 is 0 Å². The van der Waals surface area contributed by atoms with Crippen molar-refractivity contribution in [1.29, 1.82) is 0 Å². The summed E-state index contributed by atoms with van der Waals surface area (Å²) in [5.74, 6) is 1.92. The van der Waals surface area contributed by atoms with Crippen LogP contribution in [-0.2, 0) is 13.0 Å². The number of fused-ring (bicyclic) bond motifs is 1. The molecular formula is C13H23N3. The zero-order valence-electron chi connectivity index (χ0n) is 10.7. The molecule has 0 aliphatic carbocycles. The van der Waals surface area contributed by atoms with Gasteiger partial charge in [0.15, 0.2) is 0 Å². The molecule has 90 valence electrons. The molecule has 0 fully saturated rings. The molecule has 3 heteroatoms. The second-order valence-electron chi connectivity index (χ2n) is 5.74. The molecule has 0 bridgehead atoms. The van der Waals surface area contributed by atoms with E-state index in [1.807, 2.05) is 6.33 Å². The van der Waals surface area contributed by atoms with Crippen molar-refractivity contribution in [2.45, 2.75) is 59.4 Å². The zero-order valence-corrected chi connectivity index (χ0v) is 10.7. The number of aromatic nitrogens is 3. The molecule has 0 aromatic carbocycles. The molecule has 0 spiro atoms. The zero-order chi connectivity index (χ0) is 11.6. The summed E-state index contributed by atoms with van der Waals surface area (Å²) in [5.41, 5.74) is 0.412. The van der Waals surface area contributed by atoms with Crippen molar-refractivity contribution < 1.29 is 0 Å². The SMILES string of the molecule is CCC1(C)CCCC(C)Cn2cnnc2C1. The first-order chi connectivity index (χ1) is 7.63. The Morgan fingerprint density at radius 3 is 3.12 bits per heavy atom. The lowest BCUT2D eigenvalue weighted by molar-refractivity contribution is 0.265. The van der Waals surface area contributed by atoms with E-state index in [1.54, 1.807) is 0 Å². The lowest BCUT2D eigenvalue weighted by Crippen LogP contribution is -2.20. The molecule has 1 aliphatic heterocycles. The van der Waals surface area contributed by atoms with Gasteiger partial charge in [-0.15, -0.1) is 10.2 Å². The van der Waals surface area contributed by atoms with Crippen molar-refractivity contribution in [1.82, 2.24) is 14.8 Å². The molecule has 1 aliphatic rings. The minimum absolute atomic E-state index is 0.412. The summed E-state index contributed by atoms with van der Waals surface area (Å²) in [6, 6.07) is 0. The Morgan fingerprint density at radius 1 is 1.56 bits per heavy atom. The van der Waals surface area contributed by atoms with E-state index in [9.17, 15) is 0 Å². The highest BCUT2D eigenvalue weighted by molar-refractivity contribution is 4.94. The summed E-state index contributed by atoms with van der Waals surface area (Å²) >= 11 is 0. The Labute approximate surface area is 98.3 Å². The number of rotatable bonds is 1. The smallest absolute Gasteiger partial charge is 0.133 e. The van der Waals surface area contributed by atoms with Crippen molar-refractivity contribution in [3.05, 3.63) is 12.2 Å². The summed E-state index contributed by atoms with van der Waals surface area (Å²) in [5, 5.41) is 8.36. The van der Waals surface area contributed by atoms with Crippen molar-refractivity contribution in [2.24, 2.45) is 11.3 Å². The Morgan fingerprint density at radius 2 is 2.38 bits per heavy atom. The number of hydrogen-bond donors (Lipinski definition) is 0. The molecular weight excluding hydrogens is 198 g/mol. The second-order valence-corrected chi connectivity index (χ2v) is 5.74. The van der Waals surface area contributed by atoms with Crippen LogP contribution in [0.15, 0.2) is 6.33 Å². The van der Waals surface area contributed by atoms with Gasteiger partial charge < -0.3 is 4.57 Å². The van der Waals surface area contributed by atoms with Gasteiger partial charge in [0.2, 0.25) is 0 Å². The van der Waals surface area contributed by atoms with E-state index in [0.717, 1.165) is 18.9 Å². The summed E-state index contributed by atoms with van der Waals surface area (Å²) in [7, 11) is 0. The average molecular weight is 221 g/mol. The van der Waals surface area contributed by atoms with Gasteiger partial charge >= 0.3 is 0 Å². The van der Waals surface area contributed by atoms with Crippen LogP contribution in [0, 0.1) is 11.3 Å². The van der Waals surface area contributed by atoms with Crippen LogP contribution in [0.25, 0.3) is 0 Å². The average Bonchev–Trinajstić information content (AvgIpc) is 2.65. The maximum Gasteiger partial charge on any atom is 0.133 e. The normalized spacial score (nSPS) is 31.3. The van der Waals surface area contributed by atoms with Crippen molar-refractivity contribution >= 4 is 0 Å². The molecule has 2 rings (SSSR count). The van der Waals surface area contributed by atoms with Crippen LogP contribution in [0.4, 0.5) is 0 Å². The van der Waals surface area contributed by atoms with Crippen LogP contribution < -0.4 is 0 Å². The first-order valence-electron chi connectivity index (χ1n) is 6.50. The third-order valence-corrected chi connectivity index (χ3v) is 4.12. The third kappa shape index (κ3) is 2.45. The topological polar surface area (TPSA) is 30.7 Å². The molecule has 3 nitrogen and oxygen atoms in total. The molecule has 1 aromatic heterocycles. The van der Waals surface area contributed by atoms with Gasteiger partial charge in [-0.3, -0.25) is 0 Å². The van der Waals surface area contributed by atoms with Crippen LogP contribution in [0.5, 0.6) is 0 Å². The Bertz CT molecular complexity index is 345.